The lowest BCUT2D eigenvalue weighted by molar-refractivity contribution is -0.122. The number of aromatic amines is 1. The molecule has 0 unspecified atom stereocenters. The van der Waals surface area contributed by atoms with Crippen LogP contribution in [0.5, 0.6) is 0 Å². The highest BCUT2D eigenvalue weighted by Gasteiger charge is 2.15. The van der Waals surface area contributed by atoms with Crippen molar-refractivity contribution in [2.24, 2.45) is 0 Å². The number of nitrogens with zero attached hydrogens (tertiary/aromatic N) is 2. The van der Waals surface area contributed by atoms with Crippen LogP contribution in [0.3, 0.4) is 0 Å². The Kier molecular flexibility index (Phi) is 4.36. The van der Waals surface area contributed by atoms with Gasteiger partial charge in [0.2, 0.25) is 0 Å². The van der Waals surface area contributed by atoms with Crippen LogP contribution < -0.4 is 16.4 Å². The topological polar surface area (TPSA) is 109 Å². The number of aryl methyl sites for hydroxylation is 1. The van der Waals surface area contributed by atoms with Crippen LogP contribution in [0.2, 0.25) is 0 Å². The van der Waals surface area contributed by atoms with Crippen molar-refractivity contribution in [3.05, 3.63) is 76.3 Å². The number of carbonyl (C=O) groups is 2. The average molecular weight is 375 g/mol. The predicted octanol–water partition coefficient (Wildman–Crippen LogP) is 1.65. The molecule has 2 heterocycles. The van der Waals surface area contributed by atoms with Gasteiger partial charge in [-0.3, -0.25) is 25.2 Å². The second kappa shape index (κ2) is 6.99. The van der Waals surface area contributed by atoms with Gasteiger partial charge in [0, 0.05) is 16.6 Å². The van der Waals surface area contributed by atoms with Gasteiger partial charge in [0.05, 0.1) is 5.39 Å². The zero-order chi connectivity index (χ0) is 19.7. The molecule has 3 N–H and O–H groups in total. The van der Waals surface area contributed by atoms with Gasteiger partial charge in [-0.05, 0) is 30.5 Å². The van der Waals surface area contributed by atoms with Crippen LogP contribution in [0, 0.1) is 6.92 Å². The minimum Gasteiger partial charge on any atom is -0.335 e. The lowest BCUT2D eigenvalue weighted by atomic mass is 10.1. The number of para-hydroxylation sites is 1. The van der Waals surface area contributed by atoms with E-state index in [4.69, 9.17) is 0 Å². The second-order valence-corrected chi connectivity index (χ2v) is 6.38. The molecule has 2 aromatic heterocycles. The highest BCUT2D eigenvalue weighted by atomic mass is 16.2. The maximum absolute atomic E-state index is 12.4. The molecule has 28 heavy (non-hydrogen) atoms. The van der Waals surface area contributed by atoms with E-state index in [0.717, 1.165) is 16.6 Å². The molecule has 8 heteroatoms. The molecule has 0 spiro atoms. The van der Waals surface area contributed by atoms with Crippen molar-refractivity contribution in [2.75, 3.05) is 0 Å². The lowest BCUT2D eigenvalue weighted by Crippen LogP contribution is -2.43. The van der Waals surface area contributed by atoms with Gasteiger partial charge in [-0.25, -0.2) is 5.10 Å². The van der Waals surface area contributed by atoms with Crippen LogP contribution >= 0.6 is 0 Å². The van der Waals surface area contributed by atoms with E-state index >= 15 is 0 Å². The third-order valence-corrected chi connectivity index (χ3v) is 4.55. The van der Waals surface area contributed by atoms with Crippen molar-refractivity contribution in [2.45, 2.75) is 13.5 Å². The maximum atomic E-state index is 12.4. The first-order chi connectivity index (χ1) is 13.5. The number of benzene rings is 2. The average Bonchev–Trinajstić information content (AvgIpc) is 3.02. The van der Waals surface area contributed by atoms with Crippen molar-refractivity contribution in [3.8, 4) is 0 Å². The van der Waals surface area contributed by atoms with Gasteiger partial charge in [-0.15, -0.1) is 0 Å². The maximum Gasteiger partial charge on any atom is 0.290 e. The van der Waals surface area contributed by atoms with Crippen LogP contribution in [0.25, 0.3) is 21.7 Å². The fourth-order valence-electron chi connectivity index (χ4n) is 3.21. The molecule has 0 aliphatic rings. The third-order valence-electron chi connectivity index (χ3n) is 4.55. The minimum absolute atomic E-state index is 0.0260. The molecule has 0 radical (unpaired) electrons. The fourth-order valence-corrected chi connectivity index (χ4v) is 3.21. The van der Waals surface area contributed by atoms with E-state index in [1.54, 1.807) is 24.3 Å². The van der Waals surface area contributed by atoms with Crippen LogP contribution in [0.15, 0.2) is 59.4 Å². The van der Waals surface area contributed by atoms with Crippen molar-refractivity contribution < 1.29 is 9.59 Å². The lowest BCUT2D eigenvalue weighted by Gasteiger charge is -2.11. The van der Waals surface area contributed by atoms with Crippen LogP contribution in [-0.2, 0) is 11.3 Å². The van der Waals surface area contributed by atoms with E-state index in [0.29, 0.717) is 10.8 Å². The normalized spacial score (nSPS) is 10.9. The molecule has 4 aromatic rings. The van der Waals surface area contributed by atoms with E-state index in [-0.39, 0.29) is 23.7 Å². The Morgan fingerprint density at radius 3 is 2.57 bits per heavy atom. The van der Waals surface area contributed by atoms with Crippen LogP contribution in [0.4, 0.5) is 0 Å². The molecule has 0 atom stereocenters. The first kappa shape index (κ1) is 17.5. The number of carbonyl (C=O) groups excluding carboxylic acids is 2. The quantitative estimate of drug-likeness (QED) is 0.473. The third kappa shape index (κ3) is 3.11. The Balaban J connectivity index is 1.50. The summed E-state index contributed by atoms with van der Waals surface area (Å²) in [5.74, 6) is -0.999. The van der Waals surface area contributed by atoms with Crippen molar-refractivity contribution in [1.82, 2.24) is 25.6 Å². The number of nitrogens with one attached hydrogen (secondary N) is 3. The molecule has 4 rings (SSSR count). The molecule has 2 aromatic carbocycles. The highest BCUT2D eigenvalue weighted by Crippen LogP contribution is 2.18. The summed E-state index contributed by atoms with van der Waals surface area (Å²) in [7, 11) is 0. The molecule has 0 fully saturated rings. The van der Waals surface area contributed by atoms with Crippen molar-refractivity contribution in [3.63, 3.8) is 0 Å². The highest BCUT2D eigenvalue weighted by molar-refractivity contribution is 6.05. The van der Waals surface area contributed by atoms with Gasteiger partial charge in [0.1, 0.15) is 6.54 Å². The van der Waals surface area contributed by atoms with Crippen LogP contribution in [0.1, 0.15) is 16.2 Å². The number of hydrazine groups is 1. The first-order valence-corrected chi connectivity index (χ1v) is 8.66. The fraction of sp³-hybridized carbons (Fsp3) is 0.100. The molecular formula is C20H17N5O3. The summed E-state index contributed by atoms with van der Waals surface area (Å²) in [6.07, 6.45) is 0. The Morgan fingerprint density at radius 1 is 1.04 bits per heavy atom. The van der Waals surface area contributed by atoms with Gasteiger partial charge in [0.15, 0.2) is 5.69 Å². The standard InChI is InChI=1S/C20H17N5O3/c1-12-10-13-6-2-5-9-16(13)25(12)11-17(26)21-24-20(28)18-14-7-3-4-8-15(14)19(27)23-22-18/h2-10H,11H2,1H3,(H,21,26)(H,23,27)(H,24,28). The molecule has 8 nitrogen and oxygen atoms in total. The van der Waals surface area contributed by atoms with E-state index in [2.05, 4.69) is 21.0 Å². The summed E-state index contributed by atoms with van der Waals surface area (Å²) in [5.41, 5.74) is 6.28. The molecule has 0 saturated carbocycles. The van der Waals surface area contributed by atoms with E-state index < -0.39 is 5.91 Å². The number of hydrogen-bond donors (Lipinski definition) is 3. The summed E-state index contributed by atoms with van der Waals surface area (Å²) >= 11 is 0. The van der Waals surface area contributed by atoms with E-state index in [1.165, 1.54) is 0 Å². The summed E-state index contributed by atoms with van der Waals surface area (Å²) in [6, 6.07) is 16.4. The van der Waals surface area contributed by atoms with E-state index in [9.17, 15) is 14.4 Å². The number of H-pyrrole nitrogens is 1. The van der Waals surface area contributed by atoms with Gasteiger partial charge < -0.3 is 4.57 Å². The molecular weight excluding hydrogens is 358 g/mol. The second-order valence-electron chi connectivity index (χ2n) is 6.38. The molecule has 0 aliphatic heterocycles. The van der Waals surface area contributed by atoms with Gasteiger partial charge >= 0.3 is 0 Å². The van der Waals surface area contributed by atoms with Crippen LogP contribution in [-0.4, -0.2) is 26.6 Å². The van der Waals surface area contributed by atoms with Crippen molar-refractivity contribution in [1.29, 1.82) is 0 Å². The first-order valence-electron chi connectivity index (χ1n) is 8.66. The number of amides is 2. The Morgan fingerprint density at radius 2 is 1.75 bits per heavy atom. The smallest absolute Gasteiger partial charge is 0.290 e. The Labute approximate surface area is 159 Å². The molecule has 140 valence electrons. The monoisotopic (exact) mass is 375 g/mol. The zero-order valence-corrected chi connectivity index (χ0v) is 15.0. The Bertz CT molecular complexity index is 1270. The molecule has 0 aliphatic carbocycles. The van der Waals surface area contributed by atoms with Gasteiger partial charge in [-0.1, -0.05) is 36.4 Å². The molecule has 0 saturated heterocycles. The van der Waals surface area contributed by atoms with Gasteiger partial charge in [-0.2, -0.15) is 5.10 Å². The summed E-state index contributed by atoms with van der Waals surface area (Å²) in [5, 5.41) is 7.90. The summed E-state index contributed by atoms with van der Waals surface area (Å²) in [4.78, 5) is 36.6. The molecule has 0 bridgehead atoms. The largest absolute Gasteiger partial charge is 0.335 e. The summed E-state index contributed by atoms with van der Waals surface area (Å²) < 4.78 is 1.87. The van der Waals surface area contributed by atoms with Gasteiger partial charge in [0.25, 0.3) is 17.4 Å². The Hall–Kier alpha value is -3.94. The predicted molar refractivity (Wildman–Crippen MR) is 105 cm³/mol. The molecule has 2 amide bonds. The number of fused-ring (bicyclic) bond motifs is 2. The van der Waals surface area contributed by atoms with Crippen molar-refractivity contribution >= 4 is 33.5 Å². The zero-order valence-electron chi connectivity index (χ0n) is 15.0. The summed E-state index contributed by atoms with van der Waals surface area (Å²) in [6.45, 7) is 1.97. The number of aromatic nitrogens is 3. The SMILES string of the molecule is Cc1cc2ccccc2n1CC(=O)NNC(=O)c1n[nH]c(=O)c2ccccc12. The number of hydrogen-bond acceptors (Lipinski definition) is 4. The van der Waals surface area contributed by atoms with E-state index in [1.807, 2.05) is 41.8 Å². The number of rotatable bonds is 3. The minimum atomic E-state index is -0.616.